The van der Waals surface area contributed by atoms with Crippen molar-refractivity contribution in [1.29, 1.82) is 0 Å². The number of rotatable bonds is 2. The molecule has 1 aromatic rings. The third-order valence-electron chi connectivity index (χ3n) is 3.52. The number of aryl methyl sites for hydroxylation is 2. The Kier molecular flexibility index (Phi) is 3.80. The maximum absolute atomic E-state index is 12.5. The number of nitrogens with zero attached hydrogens (tertiary/aromatic N) is 2. The van der Waals surface area contributed by atoms with E-state index in [2.05, 4.69) is 10.5 Å². The first-order valence-corrected chi connectivity index (χ1v) is 6.47. The van der Waals surface area contributed by atoms with Crippen LogP contribution in [0.1, 0.15) is 28.7 Å². The topological polar surface area (TPSA) is 84.7 Å². The molecule has 7 heteroatoms. The van der Waals surface area contributed by atoms with Crippen LogP contribution >= 0.6 is 0 Å². The van der Waals surface area contributed by atoms with E-state index in [1.54, 1.807) is 32.7 Å². The van der Waals surface area contributed by atoms with Crippen molar-refractivity contribution in [2.24, 2.45) is 0 Å². The Morgan fingerprint density at radius 2 is 2.10 bits per heavy atom. The first kappa shape index (κ1) is 14.5. The lowest BCUT2D eigenvalue weighted by atomic mass is 10.0. The first-order valence-electron chi connectivity index (χ1n) is 6.47. The minimum Gasteiger partial charge on any atom is -0.362 e. The Balaban J connectivity index is 2.21. The van der Waals surface area contributed by atoms with Crippen molar-refractivity contribution >= 4 is 11.8 Å². The number of ether oxygens (including phenoxy) is 1. The molecule has 20 heavy (non-hydrogen) atoms. The Labute approximate surface area is 117 Å². The van der Waals surface area contributed by atoms with Crippen molar-refractivity contribution in [3.8, 4) is 0 Å². The predicted octanol–water partition coefficient (Wildman–Crippen LogP) is 0.269. The third-order valence-corrected chi connectivity index (χ3v) is 3.52. The van der Waals surface area contributed by atoms with Crippen LogP contribution in [0.25, 0.3) is 0 Å². The van der Waals surface area contributed by atoms with Gasteiger partial charge in [0, 0.05) is 13.6 Å². The van der Waals surface area contributed by atoms with Crippen molar-refractivity contribution in [3.63, 3.8) is 0 Å². The smallest absolute Gasteiger partial charge is 0.259 e. The second-order valence-corrected chi connectivity index (χ2v) is 5.08. The van der Waals surface area contributed by atoms with Gasteiger partial charge in [-0.25, -0.2) is 0 Å². The largest absolute Gasteiger partial charge is 0.362 e. The number of carbonyl (C=O) groups excluding carboxylic acids is 2. The molecule has 1 saturated heterocycles. The fraction of sp³-hybridized carbons (Fsp3) is 0.615. The number of amides is 2. The van der Waals surface area contributed by atoms with Gasteiger partial charge in [0.15, 0.2) is 5.60 Å². The summed E-state index contributed by atoms with van der Waals surface area (Å²) in [4.78, 5) is 26.0. The molecule has 1 aromatic heterocycles. The molecule has 2 rings (SSSR count). The molecular formula is C13H19N3O4. The van der Waals surface area contributed by atoms with Gasteiger partial charge >= 0.3 is 0 Å². The van der Waals surface area contributed by atoms with Crippen LogP contribution in [-0.4, -0.2) is 54.2 Å². The molecule has 0 unspecified atom stereocenters. The van der Waals surface area contributed by atoms with Crippen molar-refractivity contribution in [1.82, 2.24) is 15.4 Å². The van der Waals surface area contributed by atoms with Gasteiger partial charge in [0.05, 0.1) is 18.8 Å². The Hall–Kier alpha value is -1.89. The summed E-state index contributed by atoms with van der Waals surface area (Å²) in [7, 11) is 1.55. The minimum absolute atomic E-state index is 0.181. The molecule has 0 aromatic carbocycles. The van der Waals surface area contributed by atoms with Gasteiger partial charge in [-0.15, -0.1) is 0 Å². The molecule has 0 spiro atoms. The molecule has 0 radical (unpaired) electrons. The van der Waals surface area contributed by atoms with Gasteiger partial charge in [-0.1, -0.05) is 5.16 Å². The molecule has 1 aliphatic heterocycles. The first-order chi connectivity index (χ1) is 9.39. The van der Waals surface area contributed by atoms with Crippen molar-refractivity contribution < 1.29 is 18.8 Å². The number of nitrogens with one attached hydrogen (secondary N) is 1. The third kappa shape index (κ3) is 2.40. The molecular weight excluding hydrogens is 262 g/mol. The van der Waals surface area contributed by atoms with Gasteiger partial charge in [-0.3, -0.25) is 9.59 Å². The monoisotopic (exact) mass is 281 g/mol. The standard InChI is InChI=1S/C13H19N3O4/c1-8-10(9(2)20-15-8)11(17)16-5-6-19-13(3,7-16)12(18)14-4/h5-7H2,1-4H3,(H,14,18)/t13-/m1/s1. The summed E-state index contributed by atoms with van der Waals surface area (Å²) in [5, 5.41) is 6.35. The van der Waals surface area contributed by atoms with E-state index in [-0.39, 0.29) is 18.4 Å². The lowest BCUT2D eigenvalue weighted by Crippen LogP contribution is -2.58. The van der Waals surface area contributed by atoms with Gasteiger partial charge in [-0.2, -0.15) is 0 Å². The number of morpholine rings is 1. The Morgan fingerprint density at radius 3 is 2.65 bits per heavy atom. The molecule has 0 aliphatic carbocycles. The summed E-state index contributed by atoms with van der Waals surface area (Å²) < 4.78 is 10.6. The van der Waals surface area contributed by atoms with Crippen LogP contribution < -0.4 is 5.32 Å². The van der Waals surface area contributed by atoms with Crippen LogP contribution in [0.15, 0.2) is 4.52 Å². The highest BCUT2D eigenvalue weighted by atomic mass is 16.5. The number of carbonyl (C=O) groups is 2. The summed E-state index contributed by atoms with van der Waals surface area (Å²) >= 11 is 0. The van der Waals surface area contributed by atoms with Gasteiger partial charge in [0.1, 0.15) is 11.3 Å². The Morgan fingerprint density at radius 1 is 1.40 bits per heavy atom. The minimum atomic E-state index is -1.03. The van der Waals surface area contributed by atoms with Gasteiger partial charge in [0.2, 0.25) is 0 Å². The van der Waals surface area contributed by atoms with E-state index in [9.17, 15) is 9.59 Å². The maximum atomic E-state index is 12.5. The van der Waals surface area contributed by atoms with Gasteiger partial charge in [0.25, 0.3) is 11.8 Å². The van der Waals surface area contributed by atoms with E-state index in [0.29, 0.717) is 30.2 Å². The van der Waals surface area contributed by atoms with Crippen LogP contribution in [-0.2, 0) is 9.53 Å². The summed E-state index contributed by atoms with van der Waals surface area (Å²) in [6.45, 7) is 6.07. The summed E-state index contributed by atoms with van der Waals surface area (Å²) in [6.07, 6.45) is 0. The van der Waals surface area contributed by atoms with E-state index < -0.39 is 5.60 Å². The van der Waals surface area contributed by atoms with Crippen LogP contribution in [0.5, 0.6) is 0 Å². The van der Waals surface area contributed by atoms with Crippen LogP contribution in [0, 0.1) is 13.8 Å². The summed E-state index contributed by atoms with van der Waals surface area (Å²) in [6, 6.07) is 0. The number of hydrogen-bond acceptors (Lipinski definition) is 5. The van der Waals surface area contributed by atoms with Gasteiger partial charge < -0.3 is 19.5 Å². The lowest BCUT2D eigenvalue weighted by Gasteiger charge is -2.38. The number of aromatic nitrogens is 1. The van der Waals surface area contributed by atoms with Crippen molar-refractivity contribution in [2.75, 3.05) is 26.7 Å². The molecule has 1 fully saturated rings. The second-order valence-electron chi connectivity index (χ2n) is 5.08. The van der Waals surface area contributed by atoms with E-state index in [1.807, 2.05) is 0 Å². The average Bonchev–Trinajstić information content (AvgIpc) is 2.76. The number of likely N-dealkylation sites (N-methyl/N-ethyl adjacent to an activating group) is 1. The number of hydrogen-bond donors (Lipinski definition) is 1. The predicted molar refractivity (Wildman–Crippen MR) is 70.3 cm³/mol. The Bertz CT molecular complexity index is 520. The molecule has 1 atom stereocenters. The highest BCUT2D eigenvalue weighted by molar-refractivity contribution is 5.97. The summed E-state index contributed by atoms with van der Waals surface area (Å²) in [5.74, 6) is 0.0640. The molecule has 7 nitrogen and oxygen atoms in total. The SMILES string of the molecule is CNC(=O)[C@@]1(C)CN(C(=O)c2c(C)noc2C)CCO1. The highest BCUT2D eigenvalue weighted by Crippen LogP contribution is 2.22. The molecule has 0 saturated carbocycles. The van der Waals surface area contributed by atoms with Gasteiger partial charge in [-0.05, 0) is 20.8 Å². The second kappa shape index (κ2) is 5.24. The quantitative estimate of drug-likeness (QED) is 0.841. The zero-order valence-corrected chi connectivity index (χ0v) is 12.1. The average molecular weight is 281 g/mol. The van der Waals surface area contributed by atoms with E-state index in [4.69, 9.17) is 9.26 Å². The van der Waals surface area contributed by atoms with Crippen LogP contribution in [0.2, 0.25) is 0 Å². The molecule has 2 heterocycles. The van der Waals surface area contributed by atoms with Crippen LogP contribution in [0.4, 0.5) is 0 Å². The van der Waals surface area contributed by atoms with E-state index >= 15 is 0 Å². The van der Waals surface area contributed by atoms with Crippen LogP contribution in [0.3, 0.4) is 0 Å². The van der Waals surface area contributed by atoms with Crippen molar-refractivity contribution in [3.05, 3.63) is 17.0 Å². The van der Waals surface area contributed by atoms with Crippen molar-refractivity contribution in [2.45, 2.75) is 26.4 Å². The van der Waals surface area contributed by atoms with E-state index in [1.165, 1.54) is 0 Å². The molecule has 110 valence electrons. The van der Waals surface area contributed by atoms with E-state index in [0.717, 1.165) is 0 Å². The lowest BCUT2D eigenvalue weighted by molar-refractivity contribution is -0.153. The fourth-order valence-corrected chi connectivity index (χ4v) is 2.39. The summed E-state index contributed by atoms with van der Waals surface area (Å²) in [5.41, 5.74) is -0.00598. The molecule has 1 N–H and O–H groups in total. The highest BCUT2D eigenvalue weighted by Gasteiger charge is 2.41. The zero-order valence-electron chi connectivity index (χ0n) is 12.1. The molecule has 1 aliphatic rings. The zero-order chi connectivity index (χ0) is 14.9. The maximum Gasteiger partial charge on any atom is 0.259 e. The normalized spacial score (nSPS) is 22.7. The molecule has 2 amide bonds. The molecule has 0 bridgehead atoms. The fourth-order valence-electron chi connectivity index (χ4n) is 2.39.